The average molecular weight is 434 g/mol. The molecule has 0 aliphatic carbocycles. The Morgan fingerprint density at radius 1 is 0.964 bits per heavy atom. The van der Waals surface area contributed by atoms with E-state index in [-0.39, 0.29) is 11.3 Å². The maximum atomic E-state index is 14.0. The van der Waals surface area contributed by atoms with Gasteiger partial charge in [0, 0.05) is 33.3 Å². The summed E-state index contributed by atoms with van der Waals surface area (Å²) < 4.78 is 29.8. The van der Waals surface area contributed by atoms with Crippen LogP contribution in [0.1, 0.15) is 16.3 Å². The fourth-order valence-electron chi connectivity index (χ4n) is 2.73. The first-order valence-electron chi connectivity index (χ1n) is 8.40. The van der Waals surface area contributed by atoms with E-state index < -0.39 is 11.6 Å². The highest BCUT2D eigenvalue weighted by atomic mass is 35.5. The third-order valence-corrected chi connectivity index (χ3v) is 6.19. The molecule has 0 aliphatic rings. The maximum Gasteiger partial charge on any atom is 0.196 e. The van der Waals surface area contributed by atoms with Crippen LogP contribution in [-0.4, -0.2) is 14.8 Å². The third-order valence-electron chi connectivity index (χ3n) is 4.10. The zero-order valence-electron chi connectivity index (χ0n) is 14.5. The van der Waals surface area contributed by atoms with Crippen LogP contribution >= 0.6 is 34.7 Å². The van der Waals surface area contributed by atoms with Gasteiger partial charge in [-0.3, -0.25) is 4.57 Å². The summed E-state index contributed by atoms with van der Waals surface area (Å²) in [5, 5.41) is 11.8. The van der Waals surface area contributed by atoms with Gasteiger partial charge >= 0.3 is 0 Å². The number of hydrogen-bond donors (Lipinski definition) is 0. The van der Waals surface area contributed by atoms with Gasteiger partial charge in [-0.25, -0.2) is 8.78 Å². The molecule has 0 radical (unpaired) electrons. The van der Waals surface area contributed by atoms with Gasteiger partial charge < -0.3 is 0 Å². The second-order valence-electron chi connectivity index (χ2n) is 5.96. The first kappa shape index (κ1) is 19.1. The van der Waals surface area contributed by atoms with E-state index in [0.29, 0.717) is 16.6 Å². The van der Waals surface area contributed by atoms with E-state index in [4.69, 9.17) is 11.6 Å². The van der Waals surface area contributed by atoms with Crippen molar-refractivity contribution in [3.05, 3.63) is 92.9 Å². The van der Waals surface area contributed by atoms with Crippen LogP contribution < -0.4 is 0 Å². The lowest BCUT2D eigenvalue weighted by Gasteiger charge is -2.10. The highest BCUT2D eigenvalue weighted by molar-refractivity contribution is 7.98. The van der Waals surface area contributed by atoms with Crippen molar-refractivity contribution in [3.63, 3.8) is 0 Å². The molecule has 4 aromatic rings. The molecule has 0 N–H and O–H groups in total. The molecule has 8 heteroatoms. The van der Waals surface area contributed by atoms with Crippen LogP contribution in [0.15, 0.2) is 65.1 Å². The number of benzene rings is 2. The lowest BCUT2D eigenvalue weighted by atomic mass is 10.2. The fourth-order valence-corrected chi connectivity index (χ4v) is 4.55. The van der Waals surface area contributed by atoms with E-state index in [1.807, 2.05) is 34.2 Å². The predicted molar refractivity (Wildman–Crippen MR) is 109 cm³/mol. The van der Waals surface area contributed by atoms with Gasteiger partial charge in [-0.05, 0) is 47.8 Å². The van der Waals surface area contributed by atoms with Crippen LogP contribution in [0.2, 0.25) is 5.02 Å². The van der Waals surface area contributed by atoms with Gasteiger partial charge in [-0.1, -0.05) is 35.5 Å². The van der Waals surface area contributed by atoms with Gasteiger partial charge in [0.2, 0.25) is 0 Å². The van der Waals surface area contributed by atoms with Gasteiger partial charge in [0.15, 0.2) is 5.16 Å². The molecular weight excluding hydrogens is 420 g/mol. The molecule has 0 atom stereocenters. The van der Waals surface area contributed by atoms with Crippen LogP contribution in [0.25, 0.3) is 5.69 Å². The van der Waals surface area contributed by atoms with Crippen LogP contribution in [0.4, 0.5) is 8.78 Å². The third kappa shape index (κ3) is 4.11. The van der Waals surface area contributed by atoms with Gasteiger partial charge in [-0.15, -0.1) is 21.5 Å². The SMILES string of the molecule is Fc1cccc(F)c1CSc1nnc(Cc2cccs2)n1-c1ccc(Cl)cc1. The number of thiophene rings is 1. The minimum absolute atomic E-state index is 0.0259. The monoisotopic (exact) mass is 433 g/mol. The van der Waals surface area contributed by atoms with E-state index in [9.17, 15) is 8.78 Å². The standard InChI is InChI=1S/C20H14ClF2N3S2/c21-13-6-8-14(9-7-13)26-19(11-15-3-2-10-27-15)24-25-20(26)28-12-16-17(22)4-1-5-18(16)23/h1-10H,11-12H2. The molecule has 3 nitrogen and oxygen atoms in total. The van der Waals surface area contributed by atoms with Crippen molar-refractivity contribution >= 4 is 34.7 Å². The Morgan fingerprint density at radius 2 is 1.71 bits per heavy atom. The zero-order chi connectivity index (χ0) is 19.5. The summed E-state index contributed by atoms with van der Waals surface area (Å²) in [6.45, 7) is 0. The summed E-state index contributed by atoms with van der Waals surface area (Å²) in [6, 6.07) is 15.2. The lowest BCUT2D eigenvalue weighted by Crippen LogP contribution is -2.03. The summed E-state index contributed by atoms with van der Waals surface area (Å²) in [6.07, 6.45) is 0.613. The van der Waals surface area contributed by atoms with Crippen molar-refractivity contribution in [2.75, 3.05) is 0 Å². The highest BCUT2D eigenvalue weighted by Crippen LogP contribution is 2.29. The molecule has 0 saturated heterocycles. The second kappa shape index (κ2) is 8.43. The fraction of sp³-hybridized carbons (Fsp3) is 0.100. The lowest BCUT2D eigenvalue weighted by molar-refractivity contribution is 0.566. The molecule has 142 valence electrons. The normalized spacial score (nSPS) is 11.1. The van der Waals surface area contributed by atoms with Crippen molar-refractivity contribution in [2.24, 2.45) is 0 Å². The number of aromatic nitrogens is 3. The van der Waals surface area contributed by atoms with Gasteiger partial charge in [0.05, 0.1) is 0 Å². The smallest absolute Gasteiger partial charge is 0.196 e. The van der Waals surface area contributed by atoms with Crippen LogP contribution in [0.5, 0.6) is 0 Å². The number of nitrogens with zero attached hydrogens (tertiary/aromatic N) is 3. The number of halogens is 3. The Labute approximate surface area is 174 Å². The highest BCUT2D eigenvalue weighted by Gasteiger charge is 2.17. The average Bonchev–Trinajstić information content (AvgIpc) is 3.33. The molecule has 0 fully saturated rings. The van der Waals surface area contributed by atoms with Crippen LogP contribution in [-0.2, 0) is 12.2 Å². The van der Waals surface area contributed by atoms with E-state index in [1.54, 1.807) is 23.5 Å². The number of hydrogen-bond acceptors (Lipinski definition) is 4. The molecule has 2 aromatic carbocycles. The largest absolute Gasteiger partial charge is 0.274 e. The van der Waals surface area contributed by atoms with E-state index in [0.717, 1.165) is 16.4 Å². The minimum atomic E-state index is -0.566. The molecule has 0 bridgehead atoms. The van der Waals surface area contributed by atoms with E-state index in [2.05, 4.69) is 10.2 Å². The molecule has 0 saturated carbocycles. The predicted octanol–water partition coefficient (Wildman–Crippen LogP) is 6.14. The quantitative estimate of drug-likeness (QED) is 0.342. The van der Waals surface area contributed by atoms with Crippen molar-refractivity contribution < 1.29 is 8.78 Å². The number of rotatable bonds is 6. The molecule has 0 unspecified atom stereocenters. The number of thioether (sulfide) groups is 1. The molecule has 2 heterocycles. The Balaban J connectivity index is 1.68. The summed E-state index contributed by atoms with van der Waals surface area (Å²) in [4.78, 5) is 1.15. The molecule has 0 spiro atoms. The van der Waals surface area contributed by atoms with Crippen molar-refractivity contribution in [1.29, 1.82) is 0 Å². The van der Waals surface area contributed by atoms with Crippen molar-refractivity contribution in [3.8, 4) is 5.69 Å². The minimum Gasteiger partial charge on any atom is -0.274 e. The molecule has 28 heavy (non-hydrogen) atoms. The molecule has 0 aliphatic heterocycles. The van der Waals surface area contributed by atoms with Gasteiger partial charge in [0.1, 0.15) is 17.5 Å². The Kier molecular flexibility index (Phi) is 5.75. The first-order valence-corrected chi connectivity index (χ1v) is 10.6. The molecule has 2 aromatic heterocycles. The Hall–Kier alpha value is -2.22. The van der Waals surface area contributed by atoms with Crippen LogP contribution in [0, 0.1) is 11.6 Å². The van der Waals surface area contributed by atoms with Crippen LogP contribution in [0.3, 0.4) is 0 Å². The van der Waals surface area contributed by atoms with Crippen molar-refractivity contribution in [1.82, 2.24) is 14.8 Å². The Morgan fingerprint density at radius 3 is 2.39 bits per heavy atom. The summed E-state index contributed by atoms with van der Waals surface area (Å²) >= 11 is 8.90. The summed E-state index contributed by atoms with van der Waals surface area (Å²) in [5.41, 5.74) is 0.871. The topological polar surface area (TPSA) is 30.7 Å². The van der Waals surface area contributed by atoms with E-state index in [1.165, 1.54) is 30.0 Å². The zero-order valence-corrected chi connectivity index (χ0v) is 16.9. The second-order valence-corrected chi connectivity index (χ2v) is 8.37. The maximum absolute atomic E-state index is 14.0. The Bertz CT molecular complexity index is 1060. The molecular formula is C20H14ClF2N3S2. The molecule has 4 rings (SSSR count). The first-order chi connectivity index (χ1) is 13.6. The van der Waals surface area contributed by atoms with Gasteiger partial charge in [0.25, 0.3) is 0 Å². The summed E-state index contributed by atoms with van der Waals surface area (Å²) in [5.74, 6) is -0.266. The summed E-state index contributed by atoms with van der Waals surface area (Å²) in [7, 11) is 0. The van der Waals surface area contributed by atoms with Gasteiger partial charge in [-0.2, -0.15) is 0 Å². The van der Waals surface area contributed by atoms with E-state index >= 15 is 0 Å². The molecule has 0 amide bonds. The van der Waals surface area contributed by atoms with Crippen molar-refractivity contribution in [2.45, 2.75) is 17.3 Å².